The fraction of sp³-hybridized carbons (Fsp3) is 0.167. The van der Waals surface area contributed by atoms with Crippen molar-refractivity contribution in [3.05, 3.63) is 72.6 Å². The Morgan fingerprint density at radius 2 is 1.96 bits per heavy atom. The van der Waals surface area contributed by atoms with Crippen LogP contribution in [0, 0.1) is 0 Å². The van der Waals surface area contributed by atoms with Gasteiger partial charge >= 0.3 is 0 Å². The summed E-state index contributed by atoms with van der Waals surface area (Å²) in [5, 5.41) is 12.7. The quantitative estimate of drug-likeness (QED) is 0.562. The van der Waals surface area contributed by atoms with Crippen LogP contribution in [0.5, 0.6) is 0 Å². The van der Waals surface area contributed by atoms with Gasteiger partial charge in [0.25, 0.3) is 0 Å². The van der Waals surface area contributed by atoms with E-state index in [1.54, 1.807) is 15.7 Å². The van der Waals surface area contributed by atoms with Gasteiger partial charge in [0.15, 0.2) is 0 Å². The first-order valence-corrected chi connectivity index (χ1v) is 8.12. The van der Waals surface area contributed by atoms with Gasteiger partial charge in [-0.25, -0.2) is 14.3 Å². The van der Waals surface area contributed by atoms with Gasteiger partial charge in [-0.05, 0) is 29.7 Å². The zero-order valence-corrected chi connectivity index (χ0v) is 13.8. The number of pyridine rings is 1. The molecule has 0 saturated heterocycles. The summed E-state index contributed by atoms with van der Waals surface area (Å²) in [5.74, 6) is 0. The number of benzene rings is 1. The van der Waals surface area contributed by atoms with Gasteiger partial charge in [-0.1, -0.05) is 36.4 Å². The lowest BCUT2D eigenvalue weighted by Gasteiger charge is -2.08. The lowest BCUT2D eigenvalue weighted by atomic mass is 10.2. The average molecular weight is 331 g/mol. The minimum Gasteiger partial charge on any atom is -0.254 e. The minimum absolute atomic E-state index is 0.593. The second kappa shape index (κ2) is 6.64. The van der Waals surface area contributed by atoms with Crippen molar-refractivity contribution in [2.24, 2.45) is 0 Å². The fourth-order valence-electron chi connectivity index (χ4n) is 2.65. The number of para-hydroxylation sites is 1. The molecule has 0 radical (unpaired) electrons. The highest BCUT2D eigenvalue weighted by Gasteiger charge is 2.09. The van der Waals surface area contributed by atoms with Crippen LogP contribution in [0.2, 0.25) is 0 Å². The van der Waals surface area contributed by atoms with Crippen LogP contribution in [0.4, 0.5) is 0 Å². The van der Waals surface area contributed by atoms with Gasteiger partial charge in [-0.15, -0.1) is 5.10 Å². The van der Waals surface area contributed by atoms with Crippen LogP contribution in [0.1, 0.15) is 18.1 Å². The molecule has 7 heteroatoms. The summed E-state index contributed by atoms with van der Waals surface area (Å²) in [6.45, 7) is 2.70. The number of hydrogen-bond acceptors (Lipinski definition) is 5. The molecule has 0 N–H and O–H groups in total. The molecular weight excluding hydrogens is 314 g/mol. The molecule has 0 fully saturated rings. The Morgan fingerprint density at radius 1 is 1.04 bits per heavy atom. The third-order valence-corrected chi connectivity index (χ3v) is 4.02. The van der Waals surface area contributed by atoms with Crippen molar-refractivity contribution < 1.29 is 0 Å². The zero-order chi connectivity index (χ0) is 17.1. The van der Waals surface area contributed by atoms with Crippen molar-refractivity contribution in [1.82, 2.24) is 34.7 Å². The largest absolute Gasteiger partial charge is 0.254 e. The summed E-state index contributed by atoms with van der Waals surface area (Å²) < 4.78 is 3.55. The van der Waals surface area contributed by atoms with E-state index >= 15 is 0 Å². The Labute approximate surface area is 145 Å². The molecule has 0 aliphatic heterocycles. The maximum Gasteiger partial charge on any atom is 0.138 e. The van der Waals surface area contributed by atoms with Gasteiger partial charge in [0.1, 0.15) is 18.3 Å². The second-order valence-electron chi connectivity index (χ2n) is 5.68. The van der Waals surface area contributed by atoms with Gasteiger partial charge in [0.2, 0.25) is 0 Å². The highest BCUT2D eigenvalue weighted by Crippen LogP contribution is 2.17. The van der Waals surface area contributed by atoms with Crippen molar-refractivity contribution in [3.63, 3.8) is 0 Å². The minimum atomic E-state index is 0.593. The van der Waals surface area contributed by atoms with Gasteiger partial charge < -0.3 is 0 Å². The predicted octanol–water partition coefficient (Wildman–Crippen LogP) is 2.53. The van der Waals surface area contributed by atoms with Crippen LogP contribution in [-0.4, -0.2) is 34.7 Å². The topological polar surface area (TPSA) is 74.3 Å². The van der Waals surface area contributed by atoms with E-state index in [9.17, 15) is 0 Å². The van der Waals surface area contributed by atoms with Gasteiger partial charge in [0, 0.05) is 6.20 Å². The summed E-state index contributed by atoms with van der Waals surface area (Å²) in [6.07, 6.45) is 7.97. The number of hydrogen-bond donors (Lipinski definition) is 0. The van der Waals surface area contributed by atoms with Crippen molar-refractivity contribution in [1.29, 1.82) is 0 Å². The molecule has 0 atom stereocenters. The molecular formula is C18H17N7. The van der Waals surface area contributed by atoms with Gasteiger partial charge in [0.05, 0.1) is 24.1 Å². The van der Waals surface area contributed by atoms with Gasteiger partial charge in [-0.3, -0.25) is 4.98 Å². The predicted molar refractivity (Wildman–Crippen MR) is 93.1 cm³/mol. The molecule has 0 bridgehead atoms. The number of rotatable bonds is 5. The summed E-state index contributed by atoms with van der Waals surface area (Å²) in [7, 11) is 0. The Morgan fingerprint density at radius 3 is 2.72 bits per heavy atom. The highest BCUT2D eigenvalue weighted by molar-refractivity contribution is 5.52. The van der Waals surface area contributed by atoms with E-state index in [4.69, 9.17) is 0 Å². The third-order valence-electron chi connectivity index (χ3n) is 4.02. The first-order chi connectivity index (χ1) is 12.3. The summed E-state index contributed by atoms with van der Waals surface area (Å²) in [5.41, 5.74) is 4.85. The van der Waals surface area contributed by atoms with E-state index in [1.165, 1.54) is 11.9 Å². The first-order valence-electron chi connectivity index (χ1n) is 8.12. The van der Waals surface area contributed by atoms with Crippen molar-refractivity contribution in [2.75, 3.05) is 0 Å². The normalized spacial score (nSPS) is 10.9. The van der Waals surface area contributed by atoms with E-state index < -0.39 is 0 Å². The van der Waals surface area contributed by atoms with Crippen LogP contribution in [0.25, 0.3) is 17.1 Å². The van der Waals surface area contributed by atoms with E-state index in [-0.39, 0.29) is 0 Å². The molecule has 0 aliphatic rings. The SMILES string of the molecule is CCc1ccc(-c2cn(Cc3ccccc3-n3cncn3)nn2)nc1. The van der Waals surface area contributed by atoms with Crippen LogP contribution < -0.4 is 0 Å². The van der Waals surface area contributed by atoms with E-state index in [0.717, 1.165) is 29.1 Å². The molecule has 3 heterocycles. The molecule has 3 aromatic heterocycles. The first kappa shape index (κ1) is 15.2. The molecule has 1 aromatic carbocycles. The monoisotopic (exact) mass is 331 g/mol. The Kier molecular flexibility index (Phi) is 4.04. The molecule has 0 spiro atoms. The Bertz CT molecular complexity index is 955. The zero-order valence-electron chi connectivity index (χ0n) is 13.8. The van der Waals surface area contributed by atoms with Crippen LogP contribution in [0.15, 0.2) is 61.4 Å². The van der Waals surface area contributed by atoms with Crippen LogP contribution in [-0.2, 0) is 13.0 Å². The molecule has 4 aromatic rings. The number of aryl methyl sites for hydroxylation is 1. The fourth-order valence-corrected chi connectivity index (χ4v) is 2.65. The number of nitrogens with zero attached hydrogens (tertiary/aromatic N) is 7. The van der Waals surface area contributed by atoms with E-state index in [2.05, 4.69) is 38.4 Å². The lowest BCUT2D eigenvalue weighted by molar-refractivity contribution is 0.645. The molecule has 25 heavy (non-hydrogen) atoms. The smallest absolute Gasteiger partial charge is 0.138 e. The standard InChI is InChI=1S/C18H17N7/c1-2-14-7-8-16(20-9-14)17-11-24(23-22-17)10-15-5-3-4-6-18(15)25-13-19-12-21-25/h3-9,11-13H,2,10H2,1H3. The van der Waals surface area contributed by atoms with E-state index in [1.807, 2.05) is 42.7 Å². The van der Waals surface area contributed by atoms with Crippen LogP contribution >= 0.6 is 0 Å². The third kappa shape index (κ3) is 3.16. The summed E-state index contributed by atoms with van der Waals surface area (Å²) in [6, 6.07) is 12.1. The van der Waals surface area contributed by atoms with Gasteiger partial charge in [-0.2, -0.15) is 5.10 Å². The molecule has 0 unspecified atom stereocenters. The average Bonchev–Trinajstić information content (AvgIpc) is 3.34. The Balaban J connectivity index is 1.59. The Hall–Kier alpha value is -3.35. The van der Waals surface area contributed by atoms with Crippen LogP contribution in [0.3, 0.4) is 0 Å². The molecule has 124 valence electrons. The summed E-state index contributed by atoms with van der Waals surface area (Å²) >= 11 is 0. The second-order valence-corrected chi connectivity index (χ2v) is 5.68. The molecule has 4 rings (SSSR count). The molecule has 0 saturated carbocycles. The van der Waals surface area contributed by atoms with Crippen molar-refractivity contribution in [2.45, 2.75) is 19.9 Å². The maximum atomic E-state index is 4.46. The van der Waals surface area contributed by atoms with Crippen molar-refractivity contribution >= 4 is 0 Å². The molecule has 7 nitrogen and oxygen atoms in total. The number of aromatic nitrogens is 7. The molecule has 0 aliphatic carbocycles. The van der Waals surface area contributed by atoms with E-state index in [0.29, 0.717) is 6.54 Å². The highest BCUT2D eigenvalue weighted by atomic mass is 15.4. The summed E-state index contributed by atoms with van der Waals surface area (Å²) in [4.78, 5) is 8.47. The van der Waals surface area contributed by atoms with Crippen molar-refractivity contribution in [3.8, 4) is 17.1 Å². The molecule has 0 amide bonds. The maximum absolute atomic E-state index is 4.46. The lowest BCUT2D eigenvalue weighted by Crippen LogP contribution is -2.06.